The monoisotopic (exact) mass is 323 g/mol. The van der Waals surface area contributed by atoms with Crippen molar-refractivity contribution in [2.24, 2.45) is 0 Å². The summed E-state index contributed by atoms with van der Waals surface area (Å²) in [6, 6.07) is 12.9. The number of methoxy groups -OCH3 is 1. The molecular weight excluding hydrogens is 306 g/mol. The maximum Gasteiger partial charge on any atom is 0.231 e. The first-order valence-electron chi connectivity index (χ1n) is 7.47. The van der Waals surface area contributed by atoms with E-state index in [9.17, 15) is 4.79 Å². The van der Waals surface area contributed by atoms with Crippen molar-refractivity contribution in [3.63, 3.8) is 0 Å². The molecule has 0 aliphatic carbocycles. The van der Waals surface area contributed by atoms with Crippen LogP contribution in [0.15, 0.2) is 53.2 Å². The van der Waals surface area contributed by atoms with Gasteiger partial charge in [-0.25, -0.2) is 4.98 Å². The summed E-state index contributed by atoms with van der Waals surface area (Å²) in [6.45, 7) is 1.89. The predicted octanol–water partition coefficient (Wildman–Crippen LogP) is 3.23. The van der Waals surface area contributed by atoms with Crippen molar-refractivity contribution in [2.75, 3.05) is 12.4 Å². The number of ether oxygens (including phenoxy) is 1. The van der Waals surface area contributed by atoms with Gasteiger partial charge in [0.2, 0.25) is 5.91 Å². The van der Waals surface area contributed by atoms with Crippen molar-refractivity contribution in [1.29, 1.82) is 0 Å². The zero-order valence-corrected chi connectivity index (χ0v) is 13.4. The van der Waals surface area contributed by atoms with Gasteiger partial charge in [-0.1, -0.05) is 11.2 Å². The number of benzene rings is 1. The molecule has 2 heterocycles. The molecule has 3 aromatic rings. The summed E-state index contributed by atoms with van der Waals surface area (Å²) in [7, 11) is 1.61. The molecule has 1 aromatic carbocycles. The number of hydrogen-bond acceptors (Lipinski definition) is 5. The van der Waals surface area contributed by atoms with E-state index in [4.69, 9.17) is 9.26 Å². The van der Waals surface area contributed by atoms with E-state index in [1.807, 2.05) is 43.3 Å². The zero-order chi connectivity index (χ0) is 16.9. The lowest BCUT2D eigenvalue weighted by molar-refractivity contribution is -0.115. The van der Waals surface area contributed by atoms with E-state index in [1.165, 1.54) is 0 Å². The van der Waals surface area contributed by atoms with Gasteiger partial charge in [-0.2, -0.15) is 0 Å². The molecule has 2 aromatic heterocycles. The molecule has 0 aliphatic heterocycles. The molecular formula is C18H17N3O3. The molecule has 0 aliphatic rings. The van der Waals surface area contributed by atoms with Gasteiger partial charge >= 0.3 is 0 Å². The summed E-state index contributed by atoms with van der Waals surface area (Å²) >= 11 is 0. The van der Waals surface area contributed by atoms with Crippen LogP contribution in [0.4, 0.5) is 5.82 Å². The molecule has 24 heavy (non-hydrogen) atoms. The van der Waals surface area contributed by atoms with Gasteiger partial charge in [0.05, 0.1) is 19.2 Å². The fraction of sp³-hybridized carbons (Fsp3) is 0.167. The highest BCUT2D eigenvalue weighted by Gasteiger charge is 2.12. The van der Waals surface area contributed by atoms with Crippen molar-refractivity contribution < 1.29 is 14.1 Å². The van der Waals surface area contributed by atoms with Crippen molar-refractivity contribution in [3.05, 3.63) is 59.9 Å². The van der Waals surface area contributed by atoms with Crippen LogP contribution in [0.5, 0.6) is 5.75 Å². The minimum atomic E-state index is -0.189. The second kappa shape index (κ2) is 6.95. The van der Waals surface area contributed by atoms with Crippen LogP contribution in [0.2, 0.25) is 0 Å². The van der Waals surface area contributed by atoms with Crippen LogP contribution in [0.25, 0.3) is 11.3 Å². The van der Waals surface area contributed by atoms with E-state index >= 15 is 0 Å². The van der Waals surface area contributed by atoms with Gasteiger partial charge in [-0.05, 0) is 42.8 Å². The average molecular weight is 323 g/mol. The topological polar surface area (TPSA) is 77.2 Å². The van der Waals surface area contributed by atoms with Crippen LogP contribution in [0.1, 0.15) is 11.3 Å². The van der Waals surface area contributed by atoms with Crippen molar-refractivity contribution in [2.45, 2.75) is 13.3 Å². The van der Waals surface area contributed by atoms with Crippen molar-refractivity contribution in [1.82, 2.24) is 10.1 Å². The third kappa shape index (κ3) is 3.60. The second-order valence-electron chi connectivity index (χ2n) is 5.30. The van der Waals surface area contributed by atoms with Gasteiger partial charge in [-0.15, -0.1) is 0 Å². The Bertz CT molecular complexity index is 841. The molecule has 0 atom stereocenters. The molecule has 1 N–H and O–H groups in total. The van der Waals surface area contributed by atoms with E-state index in [0.29, 0.717) is 17.3 Å². The van der Waals surface area contributed by atoms with E-state index in [0.717, 1.165) is 16.9 Å². The zero-order valence-electron chi connectivity index (χ0n) is 13.4. The number of amides is 1. The average Bonchev–Trinajstić information content (AvgIpc) is 3.05. The number of carbonyl (C=O) groups is 1. The Labute approximate surface area is 139 Å². The lowest BCUT2D eigenvalue weighted by Gasteiger charge is -2.05. The van der Waals surface area contributed by atoms with E-state index < -0.39 is 0 Å². The van der Waals surface area contributed by atoms with Gasteiger partial charge in [0.25, 0.3) is 0 Å². The molecule has 0 fully saturated rings. The molecule has 0 radical (unpaired) electrons. The fourth-order valence-corrected chi connectivity index (χ4v) is 2.24. The first kappa shape index (κ1) is 15.7. The number of aromatic nitrogens is 2. The summed E-state index contributed by atoms with van der Waals surface area (Å²) in [5, 5.41) is 6.73. The summed E-state index contributed by atoms with van der Waals surface area (Å²) in [5.74, 6) is 1.74. The standard InChI is InChI=1S/C18H17N3O3/c1-12-4-3-9-19-18(12)20-17(22)11-14-10-16(24-21-14)13-5-7-15(23-2)8-6-13/h3-10H,11H2,1-2H3,(H,19,20,22). The minimum Gasteiger partial charge on any atom is -0.497 e. The molecule has 1 amide bonds. The third-order valence-corrected chi connectivity index (χ3v) is 3.54. The highest BCUT2D eigenvalue weighted by molar-refractivity contribution is 5.91. The molecule has 6 heteroatoms. The SMILES string of the molecule is COc1ccc(-c2cc(CC(=O)Nc3ncccc3C)no2)cc1. The lowest BCUT2D eigenvalue weighted by Crippen LogP contribution is -2.16. The highest BCUT2D eigenvalue weighted by atomic mass is 16.5. The minimum absolute atomic E-state index is 0.121. The quantitative estimate of drug-likeness (QED) is 0.780. The predicted molar refractivity (Wildman–Crippen MR) is 89.8 cm³/mol. The van der Waals surface area contributed by atoms with Crippen LogP contribution in [-0.4, -0.2) is 23.2 Å². The van der Waals surface area contributed by atoms with Crippen LogP contribution in [-0.2, 0) is 11.2 Å². The van der Waals surface area contributed by atoms with Crippen molar-refractivity contribution >= 4 is 11.7 Å². The molecule has 0 saturated carbocycles. The van der Waals surface area contributed by atoms with Crippen LogP contribution < -0.4 is 10.1 Å². The number of rotatable bonds is 5. The molecule has 0 spiro atoms. The Morgan fingerprint density at radius 2 is 2.04 bits per heavy atom. The second-order valence-corrected chi connectivity index (χ2v) is 5.30. The van der Waals surface area contributed by atoms with Crippen molar-refractivity contribution in [3.8, 4) is 17.1 Å². The molecule has 3 rings (SSSR count). The van der Waals surface area contributed by atoms with Gasteiger partial charge < -0.3 is 14.6 Å². The Kier molecular flexibility index (Phi) is 4.56. The number of carbonyl (C=O) groups excluding carboxylic acids is 1. The lowest BCUT2D eigenvalue weighted by atomic mass is 10.1. The van der Waals surface area contributed by atoms with Crippen LogP contribution >= 0.6 is 0 Å². The molecule has 0 saturated heterocycles. The maximum absolute atomic E-state index is 12.1. The highest BCUT2D eigenvalue weighted by Crippen LogP contribution is 2.23. The van der Waals surface area contributed by atoms with Gasteiger partial charge in [0.1, 0.15) is 11.6 Å². The van der Waals surface area contributed by atoms with Gasteiger partial charge in [0, 0.05) is 17.8 Å². The number of pyridine rings is 1. The Morgan fingerprint density at radius 1 is 1.25 bits per heavy atom. The molecule has 0 bridgehead atoms. The Balaban J connectivity index is 1.67. The van der Waals surface area contributed by atoms with E-state index in [1.54, 1.807) is 19.4 Å². The number of nitrogens with zero attached hydrogens (tertiary/aromatic N) is 2. The first-order chi connectivity index (χ1) is 11.7. The normalized spacial score (nSPS) is 10.4. The first-order valence-corrected chi connectivity index (χ1v) is 7.47. The van der Waals surface area contributed by atoms with Gasteiger partial charge in [0.15, 0.2) is 5.76 Å². The summed E-state index contributed by atoms with van der Waals surface area (Å²) in [4.78, 5) is 16.3. The van der Waals surface area contributed by atoms with E-state index in [2.05, 4.69) is 15.5 Å². The Hall–Kier alpha value is -3.15. The van der Waals surface area contributed by atoms with E-state index in [-0.39, 0.29) is 12.3 Å². The van der Waals surface area contributed by atoms with Gasteiger partial charge in [-0.3, -0.25) is 4.79 Å². The number of aryl methyl sites for hydroxylation is 1. The number of hydrogen-bond donors (Lipinski definition) is 1. The smallest absolute Gasteiger partial charge is 0.231 e. The molecule has 0 unspecified atom stereocenters. The summed E-state index contributed by atoms with van der Waals surface area (Å²) in [5.41, 5.74) is 2.34. The number of anilines is 1. The Morgan fingerprint density at radius 3 is 2.75 bits per heavy atom. The maximum atomic E-state index is 12.1. The largest absolute Gasteiger partial charge is 0.497 e. The number of nitrogens with one attached hydrogen (secondary N) is 1. The van der Waals surface area contributed by atoms with Crippen LogP contribution in [0.3, 0.4) is 0 Å². The molecule has 122 valence electrons. The fourth-order valence-electron chi connectivity index (χ4n) is 2.24. The summed E-state index contributed by atoms with van der Waals surface area (Å²) < 4.78 is 10.4. The third-order valence-electron chi connectivity index (χ3n) is 3.54. The molecule has 6 nitrogen and oxygen atoms in total. The summed E-state index contributed by atoms with van der Waals surface area (Å²) in [6.07, 6.45) is 1.76. The van der Waals surface area contributed by atoms with Crippen LogP contribution in [0, 0.1) is 6.92 Å².